The van der Waals surface area contributed by atoms with Crippen molar-refractivity contribution in [2.45, 2.75) is 44.6 Å². The fourth-order valence-electron chi connectivity index (χ4n) is 4.98. The van der Waals surface area contributed by atoms with E-state index in [9.17, 15) is 4.79 Å². The molecule has 2 aliphatic heterocycles. The van der Waals surface area contributed by atoms with E-state index in [2.05, 4.69) is 20.5 Å². The first kappa shape index (κ1) is 25.8. The number of rotatable bonds is 9. The van der Waals surface area contributed by atoms with Crippen LogP contribution in [0.5, 0.6) is 28.7 Å². The molecule has 0 radical (unpaired) electrons. The number of nitrogens with one attached hydrogen (secondary N) is 2. The second-order valence-electron chi connectivity index (χ2n) is 10.2. The Kier molecular flexibility index (Phi) is 7.78. The lowest BCUT2D eigenvalue weighted by Gasteiger charge is -2.26. The van der Waals surface area contributed by atoms with Gasteiger partial charge in [0.05, 0.1) is 28.2 Å². The summed E-state index contributed by atoms with van der Waals surface area (Å²) in [6.45, 7) is 4.84. The third-order valence-electron chi connectivity index (χ3n) is 7.10. The summed E-state index contributed by atoms with van der Waals surface area (Å²) in [5.41, 5.74) is 1.20. The van der Waals surface area contributed by atoms with E-state index in [1.165, 1.54) is 32.4 Å². The molecule has 3 heterocycles. The molecule has 2 fully saturated rings. The summed E-state index contributed by atoms with van der Waals surface area (Å²) in [7, 11) is 0. The largest absolute Gasteiger partial charge is 0.489 e. The van der Waals surface area contributed by atoms with E-state index in [-0.39, 0.29) is 12.1 Å². The Morgan fingerprint density at radius 3 is 2.67 bits per heavy atom. The molecule has 10 heteroatoms. The zero-order chi connectivity index (χ0) is 26.6. The molecule has 1 saturated carbocycles. The molecule has 3 aliphatic rings. The summed E-state index contributed by atoms with van der Waals surface area (Å²) in [6.07, 6.45) is 8.56. The van der Waals surface area contributed by atoms with Crippen molar-refractivity contribution in [1.82, 2.24) is 15.2 Å². The van der Waals surface area contributed by atoms with Gasteiger partial charge >= 0.3 is 6.03 Å². The summed E-state index contributed by atoms with van der Waals surface area (Å²) in [6, 6.07) is 8.81. The van der Waals surface area contributed by atoms with Crippen LogP contribution in [0.1, 0.15) is 38.5 Å². The summed E-state index contributed by atoms with van der Waals surface area (Å²) in [5.74, 6) is 2.84. The second-order valence-corrected chi connectivity index (χ2v) is 10.6. The number of pyridine rings is 1. The number of nitrogens with zero attached hydrogens (tertiary/aromatic N) is 2. The molecule has 0 spiro atoms. The topological polar surface area (TPSA) is 94.2 Å². The van der Waals surface area contributed by atoms with E-state index < -0.39 is 0 Å². The van der Waals surface area contributed by atoms with Gasteiger partial charge in [0.2, 0.25) is 5.75 Å². The van der Waals surface area contributed by atoms with Gasteiger partial charge in [-0.05, 0) is 63.4 Å². The normalized spacial score (nSPS) is 17.1. The molecule has 1 aliphatic carbocycles. The fraction of sp³-hybridized carbons (Fsp3) is 0.448. The van der Waals surface area contributed by atoms with E-state index in [1.54, 1.807) is 30.5 Å². The van der Waals surface area contributed by atoms with Crippen LogP contribution in [0, 0.1) is 0 Å². The lowest BCUT2D eigenvalue weighted by molar-refractivity contribution is 0.161. The Morgan fingerprint density at radius 1 is 1.05 bits per heavy atom. The van der Waals surface area contributed by atoms with Gasteiger partial charge in [-0.25, -0.2) is 4.79 Å². The van der Waals surface area contributed by atoms with E-state index in [0.29, 0.717) is 70.2 Å². The predicted molar refractivity (Wildman–Crippen MR) is 150 cm³/mol. The van der Waals surface area contributed by atoms with Crippen molar-refractivity contribution in [3.05, 3.63) is 41.6 Å². The lowest BCUT2D eigenvalue weighted by Crippen LogP contribution is -2.31. The Bertz CT molecular complexity index is 1340. The average Bonchev–Trinajstić information content (AvgIpc) is 3.77. The van der Waals surface area contributed by atoms with Gasteiger partial charge in [0.15, 0.2) is 11.5 Å². The van der Waals surface area contributed by atoms with Gasteiger partial charge in [-0.2, -0.15) is 0 Å². The fourth-order valence-corrected chi connectivity index (χ4v) is 5.20. The number of carbonyl (C=O) groups is 1. The van der Waals surface area contributed by atoms with Crippen LogP contribution in [0.3, 0.4) is 0 Å². The first-order valence-electron chi connectivity index (χ1n) is 13.8. The predicted octanol–water partition coefficient (Wildman–Crippen LogP) is 5.99. The van der Waals surface area contributed by atoms with Crippen molar-refractivity contribution in [1.29, 1.82) is 0 Å². The van der Waals surface area contributed by atoms with Crippen LogP contribution in [0.15, 0.2) is 36.5 Å². The van der Waals surface area contributed by atoms with Crippen LogP contribution in [0.25, 0.3) is 10.9 Å². The molecule has 39 heavy (non-hydrogen) atoms. The maximum absolute atomic E-state index is 12.1. The van der Waals surface area contributed by atoms with E-state index in [0.717, 1.165) is 25.8 Å². The number of fused-ring (bicyclic) bond motifs is 3. The van der Waals surface area contributed by atoms with Gasteiger partial charge in [-0.3, -0.25) is 4.98 Å². The van der Waals surface area contributed by atoms with Crippen LogP contribution in [0.4, 0.5) is 10.5 Å². The van der Waals surface area contributed by atoms with Crippen molar-refractivity contribution >= 4 is 34.2 Å². The molecule has 6 rings (SSSR count). The summed E-state index contributed by atoms with van der Waals surface area (Å²) < 4.78 is 24.5. The van der Waals surface area contributed by atoms with Crippen molar-refractivity contribution in [2.24, 2.45) is 0 Å². The molecule has 9 nitrogen and oxygen atoms in total. The highest BCUT2D eigenvalue weighted by molar-refractivity contribution is 6.33. The van der Waals surface area contributed by atoms with Crippen molar-refractivity contribution < 1.29 is 23.7 Å². The number of hydrogen-bond donors (Lipinski definition) is 2. The first-order chi connectivity index (χ1) is 19.1. The maximum atomic E-state index is 12.1. The monoisotopic (exact) mass is 552 g/mol. The van der Waals surface area contributed by atoms with Gasteiger partial charge in [0, 0.05) is 30.9 Å². The van der Waals surface area contributed by atoms with Crippen molar-refractivity contribution in [3.8, 4) is 28.7 Å². The van der Waals surface area contributed by atoms with Gasteiger partial charge in [-0.1, -0.05) is 18.0 Å². The molecule has 1 saturated heterocycles. The molecular formula is C29H33ClN4O5. The third-order valence-corrected chi connectivity index (χ3v) is 7.41. The van der Waals surface area contributed by atoms with Gasteiger partial charge in [0.1, 0.15) is 24.7 Å². The van der Waals surface area contributed by atoms with Crippen LogP contribution >= 0.6 is 11.6 Å². The number of aromatic nitrogens is 1. The second kappa shape index (κ2) is 11.8. The molecule has 2 aromatic carbocycles. The number of urea groups is 1. The number of carbonyl (C=O) groups excluding carboxylic acids is 1. The van der Waals surface area contributed by atoms with E-state index >= 15 is 0 Å². The van der Waals surface area contributed by atoms with Crippen LogP contribution in [-0.4, -0.2) is 61.4 Å². The molecular weight excluding hydrogens is 520 g/mol. The number of likely N-dealkylation sites (tertiary alicyclic amines) is 1. The number of hydrogen-bond acceptors (Lipinski definition) is 7. The van der Waals surface area contributed by atoms with E-state index in [1.807, 2.05) is 6.07 Å². The standard InChI is InChI=1S/C29H33ClN4O5/c30-21-17-20(7-8-22(21)33-29(35)32-19-5-6-19)39-24-9-10-31-23-18-25(27-28(26(23)24)38-16-15-37-27)36-14-4-13-34-11-2-1-3-12-34/h7-10,17-19H,1-6,11-16H2,(H2,32,33,35). The minimum absolute atomic E-state index is 0.258. The Hall–Kier alpha value is -3.43. The molecule has 206 valence electrons. The van der Waals surface area contributed by atoms with Crippen LogP contribution < -0.4 is 29.6 Å². The molecule has 2 N–H and O–H groups in total. The summed E-state index contributed by atoms with van der Waals surface area (Å²) in [5, 5.41) is 6.75. The maximum Gasteiger partial charge on any atom is 0.319 e. The highest BCUT2D eigenvalue weighted by Gasteiger charge is 2.25. The van der Waals surface area contributed by atoms with Gasteiger partial charge in [-0.15, -0.1) is 0 Å². The molecule has 0 unspecified atom stereocenters. The Balaban J connectivity index is 1.19. The summed E-state index contributed by atoms with van der Waals surface area (Å²) >= 11 is 6.46. The molecule has 1 aromatic heterocycles. The zero-order valence-corrected chi connectivity index (χ0v) is 22.6. The summed E-state index contributed by atoms with van der Waals surface area (Å²) in [4.78, 5) is 19.2. The zero-order valence-electron chi connectivity index (χ0n) is 21.8. The quantitative estimate of drug-likeness (QED) is 0.315. The number of ether oxygens (including phenoxy) is 4. The van der Waals surface area contributed by atoms with E-state index in [4.69, 9.17) is 30.5 Å². The Morgan fingerprint density at radius 2 is 1.87 bits per heavy atom. The van der Waals surface area contributed by atoms with Crippen molar-refractivity contribution in [3.63, 3.8) is 0 Å². The molecule has 0 bridgehead atoms. The van der Waals surface area contributed by atoms with Gasteiger partial charge in [0.25, 0.3) is 0 Å². The molecule has 2 amide bonds. The molecule has 3 aromatic rings. The first-order valence-corrected chi connectivity index (χ1v) is 14.1. The number of piperidine rings is 1. The number of amides is 2. The van der Waals surface area contributed by atoms with Crippen LogP contribution in [0.2, 0.25) is 5.02 Å². The lowest BCUT2D eigenvalue weighted by atomic mass is 10.1. The average molecular weight is 553 g/mol. The van der Waals surface area contributed by atoms with Gasteiger partial charge < -0.3 is 34.5 Å². The minimum Gasteiger partial charge on any atom is -0.489 e. The Labute approximate surface area is 232 Å². The molecule has 0 atom stereocenters. The SMILES string of the molecule is O=C(Nc1ccc(Oc2ccnc3cc(OCCCN4CCCCC4)c4c(c23)OCCO4)cc1Cl)NC1CC1. The smallest absolute Gasteiger partial charge is 0.319 e. The number of benzene rings is 2. The minimum atomic E-state index is -0.263. The van der Waals surface area contributed by atoms with Crippen LogP contribution in [-0.2, 0) is 0 Å². The third kappa shape index (κ3) is 6.25. The highest BCUT2D eigenvalue weighted by Crippen LogP contribution is 2.48. The number of halogens is 1. The number of anilines is 1. The highest BCUT2D eigenvalue weighted by atomic mass is 35.5. The van der Waals surface area contributed by atoms with Crippen molar-refractivity contribution in [2.75, 3.05) is 44.8 Å².